The Morgan fingerprint density at radius 1 is 1.11 bits per heavy atom. The minimum atomic E-state index is -3.39. The van der Waals surface area contributed by atoms with Crippen molar-refractivity contribution < 1.29 is 13.2 Å². The van der Waals surface area contributed by atoms with E-state index in [0.29, 0.717) is 27.7 Å². The molecule has 0 saturated heterocycles. The lowest BCUT2D eigenvalue weighted by molar-refractivity contribution is 0.0934. The Morgan fingerprint density at radius 2 is 1.84 bits per heavy atom. The van der Waals surface area contributed by atoms with Gasteiger partial charge in [-0.25, -0.2) is 23.1 Å². The number of nitrogen functional groups attached to an aromatic ring is 1. The molecule has 1 amide bonds. The number of anilines is 1. The van der Waals surface area contributed by atoms with Crippen molar-refractivity contribution in [2.24, 2.45) is 0 Å². The number of hydrogen-bond donors (Lipinski definition) is 3. The minimum absolute atomic E-state index is 0.000241. The topological polar surface area (TPSA) is 149 Å². The molecule has 4 N–H and O–H groups in total. The molecule has 1 atom stereocenters. The van der Waals surface area contributed by atoms with Crippen LogP contribution in [0.3, 0.4) is 0 Å². The number of aromatic nitrogens is 3. The summed E-state index contributed by atoms with van der Waals surface area (Å²) in [5.41, 5.74) is 7.05. The summed E-state index contributed by atoms with van der Waals surface area (Å²) in [7, 11) is -3.39. The lowest BCUT2D eigenvalue weighted by atomic mass is 10.0. The molecule has 4 aromatic rings. The fraction of sp³-hybridized carbons (Fsp3) is 0.154. The van der Waals surface area contributed by atoms with E-state index in [1.54, 1.807) is 37.3 Å². The number of para-hydroxylation sites is 1. The van der Waals surface area contributed by atoms with Crippen molar-refractivity contribution in [3.8, 4) is 17.5 Å². The number of nitrogens with one attached hydrogen (secondary N) is 2. The largest absolute Gasteiger partial charge is 0.382 e. The number of carbonyl (C=O) groups is 1. The van der Waals surface area contributed by atoms with Gasteiger partial charge in [0, 0.05) is 29.3 Å². The van der Waals surface area contributed by atoms with Gasteiger partial charge in [0.15, 0.2) is 11.5 Å². The lowest BCUT2D eigenvalue weighted by Gasteiger charge is -2.21. The predicted molar refractivity (Wildman–Crippen MR) is 142 cm³/mol. The van der Waals surface area contributed by atoms with E-state index in [2.05, 4.69) is 31.8 Å². The van der Waals surface area contributed by atoms with Gasteiger partial charge in [-0.05, 0) is 36.6 Å². The number of hydrogen-bond acceptors (Lipinski definition) is 7. The summed E-state index contributed by atoms with van der Waals surface area (Å²) in [6, 6.07) is 15.5. The fourth-order valence-electron chi connectivity index (χ4n) is 3.82. The van der Waals surface area contributed by atoms with Gasteiger partial charge in [-0.15, -0.1) is 0 Å². The second kappa shape index (κ2) is 10.6. The first-order chi connectivity index (χ1) is 17.7. The average Bonchev–Trinajstić information content (AvgIpc) is 2.86. The maximum atomic E-state index is 13.9. The monoisotopic (exact) mass is 516 g/mol. The van der Waals surface area contributed by atoms with E-state index in [-0.39, 0.29) is 23.6 Å². The molecule has 10 nitrogen and oxygen atoms in total. The van der Waals surface area contributed by atoms with Crippen molar-refractivity contribution >= 4 is 32.5 Å². The molecule has 37 heavy (non-hydrogen) atoms. The van der Waals surface area contributed by atoms with E-state index in [1.807, 2.05) is 24.3 Å². The van der Waals surface area contributed by atoms with Gasteiger partial charge >= 0.3 is 0 Å². The highest BCUT2D eigenvalue weighted by Gasteiger charge is 2.21. The van der Waals surface area contributed by atoms with Gasteiger partial charge < -0.3 is 11.1 Å². The third-order valence-corrected chi connectivity index (χ3v) is 6.14. The molecule has 0 radical (unpaired) electrons. The minimum Gasteiger partial charge on any atom is -0.382 e. The SMILES string of the molecule is CC(NC(=O)c1nccnc1N)c1cc2cccc(C#CCNS(C)(=O)=O)c2c(=O)n1-c1ccccc1. The molecule has 0 fully saturated rings. The number of fused-ring (bicyclic) bond motifs is 1. The van der Waals surface area contributed by atoms with E-state index < -0.39 is 22.0 Å². The van der Waals surface area contributed by atoms with Crippen LogP contribution in [0.2, 0.25) is 0 Å². The molecule has 2 aromatic heterocycles. The second-order valence-corrected chi connectivity index (χ2v) is 10.0. The van der Waals surface area contributed by atoms with Gasteiger partial charge in [0.05, 0.1) is 24.2 Å². The number of nitrogens with zero attached hydrogens (tertiary/aromatic N) is 3. The van der Waals surface area contributed by atoms with Crippen LogP contribution in [-0.4, -0.2) is 41.7 Å². The molecule has 2 heterocycles. The summed E-state index contributed by atoms with van der Waals surface area (Å²) >= 11 is 0. The average molecular weight is 517 g/mol. The van der Waals surface area contributed by atoms with E-state index in [9.17, 15) is 18.0 Å². The van der Waals surface area contributed by atoms with Gasteiger partial charge in [-0.3, -0.25) is 14.2 Å². The first kappa shape index (κ1) is 25.6. The molecular formula is C26H24N6O4S. The quantitative estimate of drug-likeness (QED) is 0.331. The molecule has 4 rings (SSSR count). The molecule has 0 bridgehead atoms. The van der Waals surface area contributed by atoms with Gasteiger partial charge in [0.2, 0.25) is 10.0 Å². The summed E-state index contributed by atoms with van der Waals surface area (Å²) in [6.45, 7) is 1.67. The number of rotatable bonds is 6. The van der Waals surface area contributed by atoms with Crippen molar-refractivity contribution in [1.82, 2.24) is 24.6 Å². The van der Waals surface area contributed by atoms with E-state index in [4.69, 9.17) is 5.73 Å². The number of benzene rings is 2. The molecule has 2 aromatic carbocycles. The zero-order valence-electron chi connectivity index (χ0n) is 20.1. The van der Waals surface area contributed by atoms with Crippen LogP contribution in [0.5, 0.6) is 0 Å². The third-order valence-electron chi connectivity index (χ3n) is 5.47. The van der Waals surface area contributed by atoms with Crippen molar-refractivity contribution in [2.75, 3.05) is 18.5 Å². The zero-order valence-corrected chi connectivity index (χ0v) is 20.9. The Bertz CT molecular complexity index is 1710. The Kier molecular flexibility index (Phi) is 7.33. The summed E-state index contributed by atoms with van der Waals surface area (Å²) in [4.78, 5) is 34.7. The van der Waals surface area contributed by atoms with Gasteiger partial charge in [-0.1, -0.05) is 42.2 Å². The second-order valence-electron chi connectivity index (χ2n) is 8.20. The molecule has 0 saturated carbocycles. The van der Waals surface area contributed by atoms with Crippen molar-refractivity contribution in [2.45, 2.75) is 13.0 Å². The van der Waals surface area contributed by atoms with Crippen LogP contribution < -0.4 is 21.3 Å². The number of pyridine rings is 1. The highest BCUT2D eigenvalue weighted by Crippen LogP contribution is 2.23. The predicted octanol–water partition coefficient (Wildman–Crippen LogP) is 1.75. The maximum Gasteiger partial charge on any atom is 0.274 e. The highest BCUT2D eigenvalue weighted by atomic mass is 32.2. The number of carbonyl (C=O) groups excluding carboxylic acids is 1. The number of nitrogens with two attached hydrogens (primary N) is 1. The number of amides is 1. The normalized spacial score (nSPS) is 11.9. The van der Waals surface area contributed by atoms with Gasteiger partial charge in [-0.2, -0.15) is 0 Å². The van der Waals surface area contributed by atoms with E-state index in [0.717, 1.165) is 6.26 Å². The van der Waals surface area contributed by atoms with E-state index in [1.165, 1.54) is 17.0 Å². The molecule has 1 unspecified atom stereocenters. The van der Waals surface area contributed by atoms with Crippen LogP contribution >= 0.6 is 0 Å². The van der Waals surface area contributed by atoms with Crippen LogP contribution in [-0.2, 0) is 10.0 Å². The molecular weight excluding hydrogens is 492 g/mol. The van der Waals surface area contributed by atoms with Crippen LogP contribution in [0.25, 0.3) is 16.5 Å². The lowest BCUT2D eigenvalue weighted by Crippen LogP contribution is -2.33. The smallest absolute Gasteiger partial charge is 0.274 e. The Hall–Kier alpha value is -4.53. The summed E-state index contributed by atoms with van der Waals surface area (Å²) < 4.78 is 26.5. The van der Waals surface area contributed by atoms with E-state index >= 15 is 0 Å². The molecule has 188 valence electrons. The maximum absolute atomic E-state index is 13.9. The van der Waals surface area contributed by atoms with Crippen molar-refractivity contribution in [1.29, 1.82) is 0 Å². The Balaban J connectivity index is 1.83. The molecule has 11 heteroatoms. The standard InChI is InChI=1S/C26H24N6O4S/c1-17(31-25(33)23-24(27)29-15-14-28-23)21-16-19-9-6-8-18(10-7-13-30-37(2,35)36)22(19)26(34)32(21)20-11-4-3-5-12-20/h3-6,8-9,11-12,14-17,30H,13H2,1-2H3,(H2,27,29)(H,31,33). The summed E-state index contributed by atoms with van der Waals surface area (Å²) in [5.74, 6) is 5.13. The number of sulfonamides is 1. The van der Waals surface area contributed by atoms with Gasteiger partial charge in [0.1, 0.15) is 0 Å². The first-order valence-corrected chi connectivity index (χ1v) is 13.1. The zero-order chi connectivity index (χ0) is 26.6. The van der Waals surface area contributed by atoms with Crippen LogP contribution in [0.4, 0.5) is 5.82 Å². The summed E-state index contributed by atoms with van der Waals surface area (Å²) in [6.07, 6.45) is 3.81. The molecule has 0 aliphatic carbocycles. The molecule has 0 aliphatic heterocycles. The Morgan fingerprint density at radius 3 is 2.54 bits per heavy atom. The molecule has 0 aliphatic rings. The first-order valence-electron chi connectivity index (χ1n) is 11.2. The van der Waals surface area contributed by atoms with Crippen LogP contribution in [0.1, 0.15) is 34.7 Å². The van der Waals surface area contributed by atoms with Crippen molar-refractivity contribution in [3.05, 3.63) is 94.3 Å². The van der Waals surface area contributed by atoms with Crippen molar-refractivity contribution in [3.63, 3.8) is 0 Å². The Labute approximate surface area is 213 Å². The van der Waals surface area contributed by atoms with Crippen LogP contribution in [0, 0.1) is 11.8 Å². The van der Waals surface area contributed by atoms with Crippen LogP contribution in [0.15, 0.2) is 71.8 Å². The van der Waals surface area contributed by atoms with Gasteiger partial charge in [0.25, 0.3) is 11.5 Å². The third kappa shape index (κ3) is 5.83. The molecule has 0 spiro atoms. The summed E-state index contributed by atoms with van der Waals surface area (Å²) in [5, 5.41) is 3.85. The fourth-order valence-corrected chi connectivity index (χ4v) is 4.15. The highest BCUT2D eigenvalue weighted by molar-refractivity contribution is 7.88.